The molecule has 2 rings (SSSR count). The number of rotatable bonds is 4. The van der Waals surface area contributed by atoms with Gasteiger partial charge in [0.05, 0.1) is 5.69 Å². The molecule has 1 aromatic carbocycles. The predicted octanol–water partition coefficient (Wildman–Crippen LogP) is 0.988. The molecule has 110 valence electrons. The van der Waals surface area contributed by atoms with Crippen LogP contribution in [-0.2, 0) is 15.0 Å². The number of benzene rings is 1. The maximum Gasteiger partial charge on any atom is 0.322 e. The van der Waals surface area contributed by atoms with E-state index in [1.165, 1.54) is 24.3 Å². The lowest BCUT2D eigenvalue weighted by molar-refractivity contribution is -0.142. The van der Waals surface area contributed by atoms with Crippen LogP contribution in [0.25, 0.3) is 0 Å². The van der Waals surface area contributed by atoms with Crippen LogP contribution >= 0.6 is 0 Å². The normalized spacial score (nSPS) is 20.5. The van der Waals surface area contributed by atoms with Gasteiger partial charge >= 0.3 is 16.2 Å². The Kier molecular flexibility index (Phi) is 4.15. The smallest absolute Gasteiger partial charge is 0.322 e. The zero-order valence-electron chi connectivity index (χ0n) is 10.7. The molecule has 0 aromatic heterocycles. The molecule has 1 aliphatic rings. The Balaban J connectivity index is 2.22. The Hall–Kier alpha value is -1.80. The summed E-state index contributed by atoms with van der Waals surface area (Å²) in [6, 6.07) is 4.61. The summed E-state index contributed by atoms with van der Waals surface area (Å²) in [5.74, 6) is -1.22. The average Bonchev–Trinajstić information content (AvgIpc) is 2.38. The van der Waals surface area contributed by atoms with Crippen molar-refractivity contribution in [3.63, 3.8) is 0 Å². The molecule has 7 nitrogen and oxygen atoms in total. The molecular weight excluding hydrogens is 284 g/mol. The third kappa shape index (κ3) is 3.20. The van der Waals surface area contributed by atoms with E-state index < -0.39 is 22.2 Å². The van der Waals surface area contributed by atoms with Gasteiger partial charge in [0.15, 0.2) is 0 Å². The van der Waals surface area contributed by atoms with Crippen LogP contribution in [0.5, 0.6) is 5.75 Å². The minimum atomic E-state index is -3.96. The van der Waals surface area contributed by atoms with Crippen molar-refractivity contribution in [1.29, 1.82) is 0 Å². The van der Waals surface area contributed by atoms with Gasteiger partial charge in [0.2, 0.25) is 0 Å². The molecule has 1 aliphatic heterocycles. The van der Waals surface area contributed by atoms with E-state index in [-0.39, 0.29) is 18.0 Å². The van der Waals surface area contributed by atoms with Crippen molar-refractivity contribution in [3.05, 3.63) is 24.3 Å². The quantitative estimate of drug-likeness (QED) is 0.768. The number of nitrogens with one attached hydrogen (secondary N) is 1. The summed E-state index contributed by atoms with van der Waals surface area (Å²) in [6.45, 7) is 0.172. The minimum absolute atomic E-state index is 0.0707. The summed E-state index contributed by atoms with van der Waals surface area (Å²) in [6.07, 6.45) is 1.62. The number of carboxylic acid groups (broad SMARTS) is 1. The average molecular weight is 300 g/mol. The van der Waals surface area contributed by atoms with E-state index in [0.717, 1.165) is 4.31 Å². The fourth-order valence-electron chi connectivity index (χ4n) is 2.22. The first-order valence-electron chi connectivity index (χ1n) is 6.21. The first-order chi connectivity index (χ1) is 9.40. The molecule has 0 spiro atoms. The maximum absolute atomic E-state index is 12.3. The molecule has 0 saturated carbocycles. The van der Waals surface area contributed by atoms with Gasteiger partial charge in [0.1, 0.15) is 11.8 Å². The van der Waals surface area contributed by atoms with Crippen molar-refractivity contribution in [3.8, 4) is 5.75 Å². The summed E-state index contributed by atoms with van der Waals surface area (Å²) in [7, 11) is -3.96. The van der Waals surface area contributed by atoms with Crippen molar-refractivity contribution < 1.29 is 23.4 Å². The van der Waals surface area contributed by atoms with E-state index in [9.17, 15) is 18.3 Å². The SMILES string of the molecule is O=C(O)C1CCCCN1S(=O)(=O)Nc1cccc(O)c1. The molecule has 0 aliphatic carbocycles. The van der Waals surface area contributed by atoms with Gasteiger partial charge in [-0.2, -0.15) is 12.7 Å². The number of hydrogen-bond donors (Lipinski definition) is 3. The zero-order chi connectivity index (χ0) is 14.8. The number of anilines is 1. The molecule has 0 radical (unpaired) electrons. The molecule has 1 heterocycles. The van der Waals surface area contributed by atoms with Crippen LogP contribution in [0.15, 0.2) is 24.3 Å². The maximum atomic E-state index is 12.3. The largest absolute Gasteiger partial charge is 0.508 e. The van der Waals surface area contributed by atoms with E-state index in [0.29, 0.717) is 19.3 Å². The van der Waals surface area contributed by atoms with Crippen LogP contribution in [0.3, 0.4) is 0 Å². The Labute approximate surface area is 117 Å². The first kappa shape index (κ1) is 14.6. The second-order valence-corrected chi connectivity index (χ2v) is 6.24. The molecule has 0 bridgehead atoms. The molecule has 1 unspecified atom stereocenters. The number of piperidine rings is 1. The summed E-state index contributed by atoms with van der Waals surface area (Å²) >= 11 is 0. The van der Waals surface area contributed by atoms with Gasteiger partial charge in [0.25, 0.3) is 0 Å². The third-order valence-corrected chi connectivity index (χ3v) is 4.69. The van der Waals surface area contributed by atoms with Crippen LogP contribution in [-0.4, -0.2) is 41.5 Å². The number of phenolic OH excluding ortho intramolecular Hbond substituents is 1. The van der Waals surface area contributed by atoms with Crippen molar-refractivity contribution in [1.82, 2.24) is 4.31 Å². The summed E-state index contributed by atoms with van der Waals surface area (Å²) < 4.78 is 27.8. The summed E-state index contributed by atoms with van der Waals surface area (Å²) in [5.41, 5.74) is 0.194. The van der Waals surface area contributed by atoms with Crippen LogP contribution in [0.2, 0.25) is 0 Å². The number of nitrogens with zero attached hydrogens (tertiary/aromatic N) is 1. The van der Waals surface area contributed by atoms with Crippen LogP contribution in [0.4, 0.5) is 5.69 Å². The van der Waals surface area contributed by atoms with E-state index in [1.807, 2.05) is 0 Å². The number of phenols is 1. The first-order valence-corrected chi connectivity index (χ1v) is 7.65. The predicted molar refractivity (Wildman–Crippen MR) is 72.6 cm³/mol. The third-order valence-electron chi connectivity index (χ3n) is 3.14. The lowest BCUT2D eigenvalue weighted by Crippen LogP contribution is -2.49. The standard InChI is InChI=1S/C12H16N2O5S/c15-10-5-3-4-9(8-10)13-20(18,19)14-7-2-1-6-11(14)12(16)17/h3-5,8,11,13,15H,1-2,6-7H2,(H,16,17). The van der Waals surface area contributed by atoms with Gasteiger partial charge < -0.3 is 10.2 Å². The highest BCUT2D eigenvalue weighted by molar-refractivity contribution is 7.90. The second-order valence-electron chi connectivity index (χ2n) is 4.62. The van der Waals surface area contributed by atoms with Gasteiger partial charge in [0, 0.05) is 12.6 Å². The molecule has 20 heavy (non-hydrogen) atoms. The fraction of sp³-hybridized carbons (Fsp3) is 0.417. The molecule has 0 amide bonds. The lowest BCUT2D eigenvalue weighted by atomic mass is 10.1. The number of hydrogen-bond acceptors (Lipinski definition) is 4. The van der Waals surface area contributed by atoms with Crippen LogP contribution < -0.4 is 4.72 Å². The Morgan fingerprint density at radius 2 is 2.10 bits per heavy atom. The molecule has 3 N–H and O–H groups in total. The minimum Gasteiger partial charge on any atom is -0.508 e. The van der Waals surface area contributed by atoms with Gasteiger partial charge in [-0.05, 0) is 31.4 Å². The monoisotopic (exact) mass is 300 g/mol. The van der Waals surface area contributed by atoms with Crippen molar-refractivity contribution >= 4 is 21.9 Å². The molecular formula is C12H16N2O5S. The Morgan fingerprint density at radius 1 is 1.35 bits per heavy atom. The molecule has 1 aromatic rings. The zero-order valence-corrected chi connectivity index (χ0v) is 11.5. The van der Waals surface area contributed by atoms with Crippen LogP contribution in [0.1, 0.15) is 19.3 Å². The van der Waals surface area contributed by atoms with Gasteiger partial charge in [-0.25, -0.2) is 0 Å². The highest BCUT2D eigenvalue weighted by Crippen LogP contribution is 2.23. The van der Waals surface area contributed by atoms with Crippen molar-refractivity contribution in [2.75, 3.05) is 11.3 Å². The molecule has 8 heteroatoms. The number of carboxylic acids is 1. The Morgan fingerprint density at radius 3 is 2.75 bits per heavy atom. The van der Waals surface area contributed by atoms with Gasteiger partial charge in [-0.15, -0.1) is 0 Å². The topological polar surface area (TPSA) is 107 Å². The number of carbonyl (C=O) groups is 1. The molecule has 1 atom stereocenters. The van der Waals surface area contributed by atoms with Crippen molar-refractivity contribution in [2.24, 2.45) is 0 Å². The van der Waals surface area contributed by atoms with Gasteiger partial charge in [-0.1, -0.05) is 6.07 Å². The van der Waals surface area contributed by atoms with Crippen molar-refractivity contribution in [2.45, 2.75) is 25.3 Å². The highest BCUT2D eigenvalue weighted by Gasteiger charge is 2.36. The highest BCUT2D eigenvalue weighted by atomic mass is 32.2. The summed E-state index contributed by atoms with van der Waals surface area (Å²) in [5, 5.41) is 18.4. The van der Waals surface area contributed by atoms with Crippen LogP contribution in [0, 0.1) is 0 Å². The van der Waals surface area contributed by atoms with E-state index in [4.69, 9.17) is 5.11 Å². The van der Waals surface area contributed by atoms with E-state index in [2.05, 4.69) is 4.72 Å². The second kappa shape index (κ2) is 5.68. The van der Waals surface area contributed by atoms with Gasteiger partial charge in [-0.3, -0.25) is 9.52 Å². The molecule has 1 saturated heterocycles. The van der Waals surface area contributed by atoms with E-state index >= 15 is 0 Å². The molecule has 1 fully saturated rings. The van der Waals surface area contributed by atoms with E-state index in [1.54, 1.807) is 0 Å². The Bertz CT molecular complexity index is 602. The fourth-order valence-corrected chi connectivity index (χ4v) is 3.66. The number of aromatic hydroxyl groups is 1. The number of aliphatic carboxylic acids is 1. The lowest BCUT2D eigenvalue weighted by Gasteiger charge is -2.31. The summed E-state index contributed by atoms with van der Waals surface area (Å²) in [4.78, 5) is 11.1.